The van der Waals surface area contributed by atoms with Crippen LogP contribution in [0, 0.1) is 0 Å². The van der Waals surface area contributed by atoms with Gasteiger partial charge in [0, 0.05) is 30.2 Å². The van der Waals surface area contributed by atoms with Crippen molar-refractivity contribution < 1.29 is 0 Å². The molecular weight excluding hydrogens is 184 g/mol. The predicted octanol–water partition coefficient (Wildman–Crippen LogP) is 2.60. The molecule has 2 nitrogen and oxygen atoms in total. The minimum atomic E-state index is 0.566. The first-order chi connectivity index (χ1) is 7.36. The summed E-state index contributed by atoms with van der Waals surface area (Å²) in [4.78, 5) is 0. The molecule has 0 unspecified atom stereocenters. The lowest BCUT2D eigenvalue weighted by Crippen LogP contribution is -2.12. The normalized spacial score (nSPS) is 21.3. The zero-order valence-corrected chi connectivity index (χ0v) is 9.03. The van der Waals surface area contributed by atoms with Gasteiger partial charge in [-0.1, -0.05) is 12.1 Å². The maximum absolute atomic E-state index is 3.57. The number of hydrogen-bond acceptors (Lipinski definition) is 1. The fourth-order valence-corrected chi connectivity index (χ4v) is 2.58. The molecule has 15 heavy (non-hydrogen) atoms. The Morgan fingerprint density at radius 3 is 3.07 bits per heavy atom. The van der Waals surface area contributed by atoms with Crippen LogP contribution < -0.4 is 5.32 Å². The third-order valence-electron chi connectivity index (χ3n) is 3.40. The Kier molecular flexibility index (Phi) is 2.03. The van der Waals surface area contributed by atoms with Crippen molar-refractivity contribution in [3.8, 4) is 0 Å². The SMILES string of the molecule is Cn1ccc2c([C@@H]3CCCN3)cccc21. The van der Waals surface area contributed by atoms with Crippen molar-refractivity contribution in [2.75, 3.05) is 6.54 Å². The van der Waals surface area contributed by atoms with Gasteiger partial charge in [0.25, 0.3) is 0 Å². The van der Waals surface area contributed by atoms with Crippen molar-refractivity contribution in [1.29, 1.82) is 0 Å². The highest BCUT2D eigenvalue weighted by Gasteiger charge is 2.18. The second kappa shape index (κ2) is 3.38. The van der Waals surface area contributed by atoms with E-state index in [1.807, 2.05) is 0 Å². The van der Waals surface area contributed by atoms with E-state index in [0.717, 1.165) is 6.54 Å². The molecule has 1 atom stereocenters. The van der Waals surface area contributed by atoms with Crippen LogP contribution in [0.5, 0.6) is 0 Å². The lowest BCUT2D eigenvalue weighted by Gasteiger charge is -2.12. The summed E-state index contributed by atoms with van der Waals surface area (Å²) >= 11 is 0. The van der Waals surface area contributed by atoms with Gasteiger partial charge in [-0.3, -0.25) is 0 Å². The van der Waals surface area contributed by atoms with Gasteiger partial charge in [-0.15, -0.1) is 0 Å². The predicted molar refractivity (Wildman–Crippen MR) is 62.9 cm³/mol. The summed E-state index contributed by atoms with van der Waals surface area (Å²) in [7, 11) is 2.11. The van der Waals surface area contributed by atoms with E-state index in [-0.39, 0.29) is 0 Å². The molecule has 2 heterocycles. The van der Waals surface area contributed by atoms with Crippen LogP contribution in [-0.2, 0) is 7.05 Å². The quantitative estimate of drug-likeness (QED) is 0.748. The maximum atomic E-state index is 3.57. The van der Waals surface area contributed by atoms with Crippen LogP contribution in [0.15, 0.2) is 30.5 Å². The van der Waals surface area contributed by atoms with Gasteiger partial charge in [0.2, 0.25) is 0 Å². The number of aryl methyl sites for hydroxylation is 1. The fraction of sp³-hybridized carbons (Fsp3) is 0.385. The van der Waals surface area contributed by atoms with Gasteiger partial charge in [-0.25, -0.2) is 0 Å². The third kappa shape index (κ3) is 1.37. The molecule has 0 saturated carbocycles. The monoisotopic (exact) mass is 200 g/mol. The minimum absolute atomic E-state index is 0.566. The molecule has 0 aliphatic carbocycles. The topological polar surface area (TPSA) is 17.0 Å². The number of aromatic nitrogens is 1. The van der Waals surface area contributed by atoms with Gasteiger partial charge >= 0.3 is 0 Å². The van der Waals surface area contributed by atoms with Crippen molar-refractivity contribution in [2.45, 2.75) is 18.9 Å². The summed E-state index contributed by atoms with van der Waals surface area (Å²) in [5.74, 6) is 0. The minimum Gasteiger partial charge on any atom is -0.351 e. The van der Waals surface area contributed by atoms with Gasteiger partial charge in [0.1, 0.15) is 0 Å². The third-order valence-corrected chi connectivity index (χ3v) is 3.40. The Morgan fingerprint density at radius 2 is 2.27 bits per heavy atom. The summed E-state index contributed by atoms with van der Waals surface area (Å²) in [6, 6.07) is 9.40. The number of nitrogens with one attached hydrogen (secondary N) is 1. The molecular formula is C13H16N2. The highest BCUT2D eigenvalue weighted by molar-refractivity contribution is 5.84. The molecule has 2 heteroatoms. The molecule has 2 aromatic rings. The first-order valence-electron chi connectivity index (χ1n) is 5.63. The molecule has 1 aliphatic heterocycles. The molecule has 3 rings (SSSR count). The number of hydrogen-bond donors (Lipinski definition) is 1. The number of benzene rings is 1. The average Bonchev–Trinajstić information content (AvgIpc) is 2.88. The number of rotatable bonds is 1. The summed E-state index contributed by atoms with van der Waals surface area (Å²) in [6.07, 6.45) is 4.71. The van der Waals surface area contributed by atoms with Crippen LogP contribution in [0.1, 0.15) is 24.4 Å². The van der Waals surface area contributed by atoms with E-state index in [9.17, 15) is 0 Å². The molecule has 1 fully saturated rings. The molecule has 78 valence electrons. The first kappa shape index (κ1) is 8.98. The summed E-state index contributed by atoms with van der Waals surface area (Å²) in [6.45, 7) is 1.16. The molecule has 0 amide bonds. The van der Waals surface area contributed by atoms with E-state index in [1.165, 1.54) is 29.3 Å². The Hall–Kier alpha value is -1.28. The van der Waals surface area contributed by atoms with Crippen LogP contribution in [0.25, 0.3) is 10.9 Å². The molecule has 0 bridgehead atoms. The lowest BCUT2D eigenvalue weighted by molar-refractivity contribution is 0.653. The highest BCUT2D eigenvalue weighted by atomic mass is 14.9. The van der Waals surface area contributed by atoms with E-state index in [1.54, 1.807) is 0 Å². The van der Waals surface area contributed by atoms with Crippen LogP contribution in [0.2, 0.25) is 0 Å². The van der Waals surface area contributed by atoms with Crippen molar-refractivity contribution in [2.24, 2.45) is 7.05 Å². The van der Waals surface area contributed by atoms with E-state index >= 15 is 0 Å². The van der Waals surface area contributed by atoms with Gasteiger partial charge < -0.3 is 9.88 Å². The Morgan fingerprint density at radius 1 is 1.33 bits per heavy atom. The lowest BCUT2D eigenvalue weighted by atomic mass is 10.0. The molecule has 1 aromatic carbocycles. The van der Waals surface area contributed by atoms with E-state index < -0.39 is 0 Å². The Bertz CT molecular complexity index is 478. The Labute approximate surface area is 89.9 Å². The second-order valence-corrected chi connectivity index (χ2v) is 4.36. The number of nitrogens with zero attached hydrogens (tertiary/aromatic N) is 1. The summed E-state index contributed by atoms with van der Waals surface area (Å²) < 4.78 is 2.19. The molecule has 1 aromatic heterocycles. The standard InChI is InChI=1S/C13H16N2/c1-15-9-7-11-10(4-2-6-13(11)15)12-5-3-8-14-12/h2,4,6-7,9,12,14H,3,5,8H2,1H3/t12-/m0/s1. The average molecular weight is 200 g/mol. The second-order valence-electron chi connectivity index (χ2n) is 4.36. The van der Waals surface area contributed by atoms with Gasteiger partial charge in [-0.05, 0) is 37.1 Å². The van der Waals surface area contributed by atoms with E-state index in [0.29, 0.717) is 6.04 Å². The highest BCUT2D eigenvalue weighted by Crippen LogP contribution is 2.29. The zero-order chi connectivity index (χ0) is 10.3. The molecule has 0 radical (unpaired) electrons. The van der Waals surface area contributed by atoms with Gasteiger partial charge in [0.15, 0.2) is 0 Å². The van der Waals surface area contributed by atoms with Crippen LogP contribution >= 0.6 is 0 Å². The van der Waals surface area contributed by atoms with Crippen molar-refractivity contribution in [3.05, 3.63) is 36.0 Å². The van der Waals surface area contributed by atoms with Crippen molar-refractivity contribution >= 4 is 10.9 Å². The summed E-state index contributed by atoms with van der Waals surface area (Å²) in [5, 5.41) is 4.97. The zero-order valence-electron chi connectivity index (χ0n) is 9.03. The fourth-order valence-electron chi connectivity index (χ4n) is 2.58. The maximum Gasteiger partial charge on any atom is 0.0481 e. The molecule has 1 aliphatic rings. The van der Waals surface area contributed by atoms with Crippen LogP contribution in [-0.4, -0.2) is 11.1 Å². The molecule has 1 N–H and O–H groups in total. The van der Waals surface area contributed by atoms with Gasteiger partial charge in [0.05, 0.1) is 0 Å². The Balaban J connectivity index is 2.17. The van der Waals surface area contributed by atoms with Crippen LogP contribution in [0.4, 0.5) is 0 Å². The van der Waals surface area contributed by atoms with E-state index in [4.69, 9.17) is 0 Å². The van der Waals surface area contributed by atoms with E-state index in [2.05, 4.69) is 47.4 Å². The van der Waals surface area contributed by atoms with Crippen LogP contribution in [0.3, 0.4) is 0 Å². The number of fused-ring (bicyclic) bond motifs is 1. The summed E-state index contributed by atoms with van der Waals surface area (Å²) in [5.41, 5.74) is 2.80. The van der Waals surface area contributed by atoms with Gasteiger partial charge in [-0.2, -0.15) is 0 Å². The van der Waals surface area contributed by atoms with Crippen molar-refractivity contribution in [3.63, 3.8) is 0 Å². The van der Waals surface area contributed by atoms with Crippen molar-refractivity contribution in [1.82, 2.24) is 9.88 Å². The largest absolute Gasteiger partial charge is 0.351 e. The first-order valence-corrected chi connectivity index (χ1v) is 5.63. The molecule has 0 spiro atoms. The molecule has 1 saturated heterocycles. The smallest absolute Gasteiger partial charge is 0.0481 e.